The Kier molecular flexibility index (Phi) is 7.05. The summed E-state index contributed by atoms with van der Waals surface area (Å²) in [5.74, 6) is -0.289. The van der Waals surface area contributed by atoms with Gasteiger partial charge in [0.15, 0.2) is 0 Å². The lowest BCUT2D eigenvalue weighted by molar-refractivity contribution is -0.117. The van der Waals surface area contributed by atoms with Gasteiger partial charge in [0.25, 0.3) is 11.5 Å². The molecule has 0 unspecified atom stereocenters. The van der Waals surface area contributed by atoms with Crippen molar-refractivity contribution in [3.63, 3.8) is 0 Å². The molecule has 0 bridgehead atoms. The fourth-order valence-corrected chi connectivity index (χ4v) is 3.95. The fraction of sp³-hybridized carbons (Fsp3) is 0.346. The summed E-state index contributed by atoms with van der Waals surface area (Å²) < 4.78 is 3.81. The predicted octanol–water partition coefficient (Wildman–Crippen LogP) is 2.63. The van der Waals surface area contributed by atoms with E-state index in [4.69, 9.17) is 0 Å². The summed E-state index contributed by atoms with van der Waals surface area (Å²) in [7, 11) is 0. The average molecular weight is 491 g/mol. The molecule has 0 atom stereocenters. The summed E-state index contributed by atoms with van der Waals surface area (Å²) in [6.07, 6.45) is 0.700. The second-order valence-corrected chi connectivity index (χ2v) is 9.49. The molecule has 0 aliphatic carbocycles. The van der Waals surface area contributed by atoms with E-state index in [-0.39, 0.29) is 35.3 Å². The van der Waals surface area contributed by atoms with Crippen molar-refractivity contribution >= 4 is 34.2 Å². The minimum absolute atomic E-state index is 0.0779. The summed E-state index contributed by atoms with van der Waals surface area (Å²) in [5.41, 5.74) is 0.308. The first-order chi connectivity index (χ1) is 17.2. The van der Waals surface area contributed by atoms with Crippen molar-refractivity contribution in [3.8, 4) is 0 Å². The molecule has 2 N–H and O–H groups in total. The standard InChI is InChI=1S/C26H30N6O4/c1-16(2)12-13-30-24(35)20-11-10-18(23(34)27-17(3)4)14-21(20)32-25(30)29-31(26(32)36)15-22(33)28-19-8-6-5-7-9-19/h5-11,14,16-17H,12-13,15H2,1-4H3,(H,27,34)(H,28,33). The highest BCUT2D eigenvalue weighted by atomic mass is 16.2. The zero-order valence-electron chi connectivity index (χ0n) is 20.8. The molecule has 0 fully saturated rings. The maximum Gasteiger partial charge on any atom is 0.352 e. The number of para-hydroxylation sites is 1. The molecule has 0 aliphatic rings. The van der Waals surface area contributed by atoms with Gasteiger partial charge in [-0.05, 0) is 56.5 Å². The highest BCUT2D eigenvalue weighted by Gasteiger charge is 2.20. The third-order valence-corrected chi connectivity index (χ3v) is 5.74. The second kappa shape index (κ2) is 10.2. The van der Waals surface area contributed by atoms with Crippen LogP contribution >= 0.6 is 0 Å². The van der Waals surface area contributed by atoms with Crippen LogP contribution in [0.1, 0.15) is 44.5 Å². The van der Waals surface area contributed by atoms with Crippen LogP contribution in [0.15, 0.2) is 58.1 Å². The van der Waals surface area contributed by atoms with Crippen molar-refractivity contribution in [2.45, 2.75) is 53.2 Å². The Bertz CT molecular complexity index is 1550. The maximum absolute atomic E-state index is 13.5. The van der Waals surface area contributed by atoms with Gasteiger partial charge in [0.1, 0.15) is 6.54 Å². The van der Waals surface area contributed by atoms with E-state index < -0.39 is 11.6 Å². The van der Waals surface area contributed by atoms with Gasteiger partial charge < -0.3 is 10.6 Å². The third-order valence-electron chi connectivity index (χ3n) is 5.74. The summed E-state index contributed by atoms with van der Waals surface area (Å²) >= 11 is 0. The van der Waals surface area contributed by atoms with Crippen LogP contribution in [0.5, 0.6) is 0 Å². The Morgan fingerprint density at radius 2 is 1.72 bits per heavy atom. The molecule has 0 saturated heterocycles. The van der Waals surface area contributed by atoms with Gasteiger partial charge in [0.05, 0.1) is 10.9 Å². The van der Waals surface area contributed by atoms with Crippen LogP contribution in [0.2, 0.25) is 0 Å². The molecule has 10 nitrogen and oxygen atoms in total. The average Bonchev–Trinajstić information content (AvgIpc) is 3.14. The van der Waals surface area contributed by atoms with Crippen molar-refractivity contribution in [1.29, 1.82) is 0 Å². The number of nitrogens with zero attached hydrogens (tertiary/aromatic N) is 4. The first-order valence-electron chi connectivity index (χ1n) is 12.0. The zero-order valence-corrected chi connectivity index (χ0v) is 20.8. The Hall–Kier alpha value is -4.21. The highest BCUT2D eigenvalue weighted by Crippen LogP contribution is 2.16. The molecule has 2 amide bonds. The quantitative estimate of drug-likeness (QED) is 0.394. The van der Waals surface area contributed by atoms with E-state index in [0.717, 1.165) is 4.68 Å². The van der Waals surface area contributed by atoms with Gasteiger partial charge in [0, 0.05) is 23.8 Å². The number of carbonyl (C=O) groups excluding carboxylic acids is 2. The van der Waals surface area contributed by atoms with Gasteiger partial charge in [-0.15, -0.1) is 5.10 Å². The van der Waals surface area contributed by atoms with Crippen LogP contribution in [-0.2, 0) is 17.9 Å². The summed E-state index contributed by atoms with van der Waals surface area (Å²) in [4.78, 5) is 52.1. The van der Waals surface area contributed by atoms with Gasteiger partial charge in [-0.25, -0.2) is 13.9 Å². The molecule has 4 rings (SSSR count). The predicted molar refractivity (Wildman–Crippen MR) is 138 cm³/mol. The van der Waals surface area contributed by atoms with Crippen molar-refractivity contribution in [3.05, 3.63) is 74.9 Å². The molecule has 36 heavy (non-hydrogen) atoms. The fourth-order valence-electron chi connectivity index (χ4n) is 3.95. The van der Waals surface area contributed by atoms with E-state index in [9.17, 15) is 19.2 Å². The number of anilines is 1. The first-order valence-corrected chi connectivity index (χ1v) is 12.0. The molecule has 10 heteroatoms. The molecule has 0 aliphatic heterocycles. The topological polar surface area (TPSA) is 120 Å². The van der Waals surface area contributed by atoms with E-state index in [1.165, 1.54) is 15.0 Å². The minimum atomic E-state index is -0.571. The molecule has 4 aromatic rings. The molecule has 2 heterocycles. The van der Waals surface area contributed by atoms with Crippen LogP contribution in [0.3, 0.4) is 0 Å². The second-order valence-electron chi connectivity index (χ2n) is 9.49. The normalized spacial score (nSPS) is 11.5. The Balaban J connectivity index is 1.86. The van der Waals surface area contributed by atoms with Crippen molar-refractivity contribution in [1.82, 2.24) is 24.1 Å². The molecular weight excluding hydrogens is 460 g/mol. The van der Waals surface area contributed by atoms with Crippen LogP contribution < -0.4 is 21.9 Å². The largest absolute Gasteiger partial charge is 0.352 e. The summed E-state index contributed by atoms with van der Waals surface area (Å²) in [5, 5.41) is 10.2. The summed E-state index contributed by atoms with van der Waals surface area (Å²) in [6, 6.07) is 13.5. The van der Waals surface area contributed by atoms with Gasteiger partial charge in [-0.1, -0.05) is 32.0 Å². The highest BCUT2D eigenvalue weighted by molar-refractivity contribution is 5.98. The molecule has 2 aromatic carbocycles. The summed E-state index contributed by atoms with van der Waals surface area (Å²) in [6.45, 7) is 7.81. The number of amides is 2. The third kappa shape index (κ3) is 5.07. The smallest absolute Gasteiger partial charge is 0.350 e. The van der Waals surface area contributed by atoms with Gasteiger partial charge in [0.2, 0.25) is 11.7 Å². The number of carbonyl (C=O) groups is 2. The number of benzene rings is 2. The van der Waals surface area contributed by atoms with Gasteiger partial charge in [-0.2, -0.15) is 0 Å². The van der Waals surface area contributed by atoms with Crippen LogP contribution in [-0.4, -0.2) is 36.6 Å². The SMILES string of the molecule is CC(C)CCn1c(=O)c2ccc(C(=O)NC(C)C)cc2n2c(=O)n(CC(=O)Nc3ccccc3)nc12. The first kappa shape index (κ1) is 24.9. The van der Waals surface area contributed by atoms with Crippen LogP contribution in [0.4, 0.5) is 5.69 Å². The van der Waals surface area contributed by atoms with Crippen molar-refractivity contribution in [2.75, 3.05) is 5.32 Å². The number of rotatable bonds is 8. The monoisotopic (exact) mass is 490 g/mol. The number of hydrogen-bond donors (Lipinski definition) is 2. The van der Waals surface area contributed by atoms with Crippen LogP contribution in [0.25, 0.3) is 16.7 Å². The number of hydrogen-bond acceptors (Lipinski definition) is 5. The minimum Gasteiger partial charge on any atom is -0.350 e. The lowest BCUT2D eigenvalue weighted by Crippen LogP contribution is -2.31. The number of aryl methyl sites for hydroxylation is 1. The molecular formula is C26H30N6O4. The Labute approximate surface area is 207 Å². The van der Waals surface area contributed by atoms with Gasteiger partial charge >= 0.3 is 5.69 Å². The Morgan fingerprint density at radius 3 is 2.39 bits per heavy atom. The molecule has 0 saturated carbocycles. The molecule has 188 valence electrons. The van der Waals surface area contributed by atoms with E-state index in [2.05, 4.69) is 15.7 Å². The Morgan fingerprint density at radius 1 is 1.00 bits per heavy atom. The van der Waals surface area contributed by atoms with Crippen LogP contribution in [0, 0.1) is 5.92 Å². The number of fused-ring (bicyclic) bond motifs is 3. The van der Waals surface area contributed by atoms with E-state index in [1.54, 1.807) is 36.4 Å². The van der Waals surface area contributed by atoms with E-state index in [1.807, 2.05) is 33.8 Å². The maximum atomic E-state index is 13.5. The van der Waals surface area contributed by atoms with Gasteiger partial charge in [-0.3, -0.25) is 19.0 Å². The molecule has 0 spiro atoms. The molecule has 2 aromatic heterocycles. The van der Waals surface area contributed by atoms with E-state index >= 15 is 0 Å². The lowest BCUT2D eigenvalue weighted by Gasteiger charge is -2.12. The van der Waals surface area contributed by atoms with Crippen molar-refractivity contribution in [2.24, 2.45) is 5.92 Å². The van der Waals surface area contributed by atoms with E-state index in [0.29, 0.717) is 35.5 Å². The van der Waals surface area contributed by atoms with Crippen molar-refractivity contribution < 1.29 is 9.59 Å². The molecule has 0 radical (unpaired) electrons. The lowest BCUT2D eigenvalue weighted by atomic mass is 10.1. The zero-order chi connectivity index (χ0) is 26.0. The number of aromatic nitrogens is 4. The number of nitrogens with one attached hydrogen (secondary N) is 2.